The lowest BCUT2D eigenvalue weighted by Crippen LogP contribution is -2.06. The highest BCUT2D eigenvalue weighted by atomic mass is 127. The van der Waals surface area contributed by atoms with Crippen molar-refractivity contribution in [3.05, 3.63) is 0 Å². The highest BCUT2D eigenvalue weighted by Crippen LogP contribution is 2.54. The fourth-order valence-electron chi connectivity index (χ4n) is 4.15. The quantitative estimate of drug-likeness (QED) is 0.0708. The van der Waals surface area contributed by atoms with Gasteiger partial charge in [0.25, 0.3) is 0 Å². The van der Waals surface area contributed by atoms with Gasteiger partial charge >= 0.3 is 0 Å². The fraction of sp³-hybridized carbons (Fsp3) is 1.00. The van der Waals surface area contributed by atoms with Gasteiger partial charge in [0.15, 0.2) is 0 Å². The minimum absolute atomic E-state index is 0.244. The molecule has 0 nitrogen and oxygen atoms in total. The van der Waals surface area contributed by atoms with E-state index in [1.165, 1.54) is 135 Å². The molecule has 2 atom stereocenters. The van der Waals surface area contributed by atoms with Gasteiger partial charge in [-0.3, -0.25) is 0 Å². The molecule has 2 unspecified atom stereocenters. The molecule has 0 N–H and O–H groups in total. The van der Waals surface area contributed by atoms with Crippen LogP contribution in [0.3, 0.4) is 0 Å². The molecular weight excluding hydrogens is 470 g/mol. The molecule has 0 radical (unpaired) electrons. The topological polar surface area (TPSA) is 0 Å². The largest absolute Gasteiger partial charge is 0.0654 e. The maximum atomic E-state index is 2.89. The van der Waals surface area contributed by atoms with E-state index in [2.05, 4.69) is 42.8 Å². The standard InChI is InChI=1S/C26H54IP/c1-4-7-10-13-16-18-21-24-26(23-20-17-14-11-8-5-2)28(27)25-22-19-15-12-9-6-3/h26H,4-25H2,1-3H3. The van der Waals surface area contributed by atoms with Crippen molar-refractivity contribution in [1.82, 2.24) is 0 Å². The molecule has 0 spiro atoms. The number of halogens is 1. The highest BCUT2D eigenvalue weighted by Gasteiger charge is 2.17. The predicted molar refractivity (Wildman–Crippen MR) is 144 cm³/mol. The van der Waals surface area contributed by atoms with Crippen molar-refractivity contribution in [2.24, 2.45) is 0 Å². The van der Waals surface area contributed by atoms with Crippen molar-refractivity contribution < 1.29 is 0 Å². The maximum Gasteiger partial charge on any atom is -0.0119 e. The molecule has 0 saturated carbocycles. The Labute approximate surface area is 194 Å². The monoisotopic (exact) mass is 524 g/mol. The molecule has 0 amide bonds. The summed E-state index contributed by atoms with van der Waals surface area (Å²) in [6, 6.07) is 0. The Morgan fingerprint density at radius 3 is 1.18 bits per heavy atom. The smallest absolute Gasteiger partial charge is 0.0119 e. The van der Waals surface area contributed by atoms with E-state index >= 15 is 0 Å². The normalized spacial score (nSPS) is 13.7. The molecular formula is C26H54IP. The van der Waals surface area contributed by atoms with Crippen molar-refractivity contribution in [2.45, 2.75) is 161 Å². The van der Waals surface area contributed by atoms with Crippen LogP contribution >= 0.6 is 27.6 Å². The highest BCUT2D eigenvalue weighted by molar-refractivity contribution is 14.2. The third-order valence-electron chi connectivity index (χ3n) is 6.15. The average molecular weight is 525 g/mol. The van der Waals surface area contributed by atoms with Gasteiger partial charge in [-0.15, -0.1) is 0 Å². The van der Waals surface area contributed by atoms with E-state index in [4.69, 9.17) is 0 Å². The van der Waals surface area contributed by atoms with Crippen molar-refractivity contribution in [3.8, 4) is 0 Å². The lowest BCUT2D eigenvalue weighted by Gasteiger charge is -2.23. The van der Waals surface area contributed by atoms with Crippen molar-refractivity contribution in [1.29, 1.82) is 0 Å². The Kier molecular flexibility index (Phi) is 25.4. The van der Waals surface area contributed by atoms with E-state index in [1.54, 1.807) is 6.16 Å². The third-order valence-corrected chi connectivity index (χ3v) is 12.0. The molecule has 0 fully saturated rings. The number of rotatable bonds is 23. The van der Waals surface area contributed by atoms with Crippen molar-refractivity contribution >= 4 is 27.6 Å². The summed E-state index contributed by atoms with van der Waals surface area (Å²) in [5.41, 5.74) is 1.31. The Balaban J connectivity index is 4.00. The second-order valence-electron chi connectivity index (χ2n) is 9.01. The van der Waals surface area contributed by atoms with Crippen LogP contribution in [0.25, 0.3) is 0 Å². The van der Waals surface area contributed by atoms with Crippen LogP contribution in [-0.2, 0) is 0 Å². The molecule has 0 heterocycles. The van der Waals surface area contributed by atoms with Gasteiger partial charge in [0.2, 0.25) is 0 Å². The molecule has 0 bridgehead atoms. The number of hydrogen-bond donors (Lipinski definition) is 0. The molecule has 170 valence electrons. The molecule has 0 aliphatic heterocycles. The lowest BCUT2D eigenvalue weighted by molar-refractivity contribution is 0.536. The Morgan fingerprint density at radius 1 is 0.464 bits per heavy atom. The summed E-state index contributed by atoms with van der Waals surface area (Å²) in [5.74, 6) is 0. The summed E-state index contributed by atoms with van der Waals surface area (Å²) in [6.45, 7) is 6.96. The van der Waals surface area contributed by atoms with E-state index in [9.17, 15) is 0 Å². The average Bonchev–Trinajstić information content (AvgIpc) is 2.70. The molecule has 0 aromatic rings. The summed E-state index contributed by atoms with van der Waals surface area (Å²) in [4.78, 5) is 0. The van der Waals surface area contributed by atoms with Gasteiger partial charge in [-0.1, -0.05) is 158 Å². The third kappa shape index (κ3) is 20.4. The van der Waals surface area contributed by atoms with E-state index in [1.807, 2.05) is 0 Å². The second-order valence-corrected chi connectivity index (χ2v) is 14.7. The van der Waals surface area contributed by atoms with E-state index in [-0.39, 0.29) is 5.56 Å². The molecule has 28 heavy (non-hydrogen) atoms. The van der Waals surface area contributed by atoms with Crippen LogP contribution in [-0.4, -0.2) is 11.8 Å². The van der Waals surface area contributed by atoms with E-state index in [0.29, 0.717) is 0 Å². The molecule has 0 aliphatic carbocycles. The molecule has 0 rings (SSSR count). The summed E-state index contributed by atoms with van der Waals surface area (Å²) in [6.07, 6.45) is 32.4. The summed E-state index contributed by atoms with van der Waals surface area (Å²) in [5, 5.41) is 0. The molecule has 0 saturated heterocycles. The van der Waals surface area contributed by atoms with Gasteiger partial charge in [0.1, 0.15) is 0 Å². The summed E-state index contributed by atoms with van der Waals surface area (Å²) < 4.78 is 0. The van der Waals surface area contributed by atoms with Gasteiger partial charge in [-0.05, 0) is 36.6 Å². The first-order chi connectivity index (χ1) is 13.8. The van der Waals surface area contributed by atoms with Gasteiger partial charge < -0.3 is 0 Å². The summed E-state index contributed by atoms with van der Waals surface area (Å²) in [7, 11) is 0. The zero-order valence-corrected chi connectivity index (χ0v) is 23.0. The Morgan fingerprint density at radius 2 is 0.786 bits per heavy atom. The minimum atomic E-state index is 0.244. The van der Waals surface area contributed by atoms with Crippen LogP contribution in [0, 0.1) is 0 Å². The van der Waals surface area contributed by atoms with Gasteiger partial charge in [-0.25, -0.2) is 0 Å². The predicted octanol–water partition coefficient (Wildman–Crippen LogP) is 11.4. The van der Waals surface area contributed by atoms with Crippen LogP contribution in [0.1, 0.15) is 156 Å². The van der Waals surface area contributed by atoms with Gasteiger partial charge in [0.05, 0.1) is 0 Å². The maximum absolute atomic E-state index is 2.89. The first-order valence-corrected chi connectivity index (χ1v) is 17.6. The van der Waals surface area contributed by atoms with Crippen LogP contribution in [0.2, 0.25) is 0 Å². The first kappa shape index (κ1) is 29.2. The van der Waals surface area contributed by atoms with E-state index in [0.717, 1.165) is 5.66 Å². The van der Waals surface area contributed by atoms with Crippen molar-refractivity contribution in [2.75, 3.05) is 6.16 Å². The zero-order valence-electron chi connectivity index (χ0n) is 20.0. The van der Waals surface area contributed by atoms with Gasteiger partial charge in [0, 0.05) is 0 Å². The second kappa shape index (κ2) is 24.4. The van der Waals surface area contributed by atoms with Crippen molar-refractivity contribution in [3.63, 3.8) is 0 Å². The number of hydrogen-bond acceptors (Lipinski definition) is 0. The minimum Gasteiger partial charge on any atom is -0.0654 e. The summed E-state index contributed by atoms with van der Waals surface area (Å²) >= 11 is 2.89. The van der Waals surface area contributed by atoms with Crippen LogP contribution in [0.5, 0.6) is 0 Å². The molecule has 0 aromatic heterocycles. The molecule has 0 aromatic carbocycles. The van der Waals surface area contributed by atoms with E-state index < -0.39 is 0 Å². The van der Waals surface area contributed by atoms with Crippen LogP contribution in [0.4, 0.5) is 0 Å². The Hall–Kier alpha value is 1.16. The Bertz CT molecular complexity index is 282. The molecule has 2 heteroatoms. The zero-order chi connectivity index (χ0) is 20.7. The first-order valence-electron chi connectivity index (χ1n) is 13.2. The SMILES string of the molecule is CCCCCCCCCC(CCCCCCCC)P(I)CCCCCCCC. The van der Waals surface area contributed by atoms with Crippen LogP contribution in [0.15, 0.2) is 0 Å². The fourth-order valence-corrected chi connectivity index (χ4v) is 8.66. The van der Waals surface area contributed by atoms with Crippen LogP contribution < -0.4 is 0 Å². The van der Waals surface area contributed by atoms with Gasteiger partial charge in [-0.2, -0.15) is 0 Å². The molecule has 0 aliphatic rings. The number of unbranched alkanes of at least 4 members (excludes halogenated alkanes) is 16. The lowest BCUT2D eigenvalue weighted by atomic mass is 10.0.